The van der Waals surface area contributed by atoms with Crippen LogP contribution in [0, 0.1) is 16.0 Å². The van der Waals surface area contributed by atoms with Gasteiger partial charge in [0, 0.05) is 20.1 Å². The van der Waals surface area contributed by atoms with Crippen LogP contribution in [-0.4, -0.2) is 74.1 Å². The number of piperidine rings is 1. The summed E-state index contributed by atoms with van der Waals surface area (Å²) in [5.74, 6) is -2.31. The molecule has 0 radical (unpaired) electrons. The van der Waals surface area contributed by atoms with Gasteiger partial charge in [-0.05, 0) is 17.8 Å². The Bertz CT molecular complexity index is 679. The molecule has 0 aliphatic carbocycles. The number of carbonyl (C=O) groups is 3. The molecule has 1 aliphatic rings. The van der Waals surface area contributed by atoms with Crippen LogP contribution in [0.3, 0.4) is 0 Å². The van der Waals surface area contributed by atoms with Gasteiger partial charge in [0.1, 0.15) is 6.54 Å². The van der Waals surface area contributed by atoms with E-state index in [1.54, 1.807) is 4.90 Å². The number of rotatable bonds is 6. The molecule has 2 amide bonds. The van der Waals surface area contributed by atoms with Crippen molar-refractivity contribution in [2.45, 2.75) is 19.4 Å². The molecular weight excluding hydrogens is 334 g/mol. The van der Waals surface area contributed by atoms with Crippen molar-refractivity contribution >= 4 is 23.6 Å². The Kier molecular flexibility index (Phi) is 5.67. The van der Waals surface area contributed by atoms with E-state index < -0.39 is 22.7 Å². The molecule has 0 spiro atoms. The number of aliphatic carboxylic acids is 1. The molecule has 1 saturated heterocycles. The maximum Gasteiger partial charge on any atom is 0.389 e. The lowest BCUT2D eigenvalue weighted by molar-refractivity contribution is -0.389. The average Bonchev–Trinajstić information content (AvgIpc) is 3.03. The van der Waals surface area contributed by atoms with Gasteiger partial charge in [-0.25, -0.2) is 0 Å². The van der Waals surface area contributed by atoms with Crippen LogP contribution in [0.2, 0.25) is 0 Å². The smallest absolute Gasteiger partial charge is 0.389 e. The first-order valence-electron chi connectivity index (χ1n) is 7.70. The van der Waals surface area contributed by atoms with Gasteiger partial charge >= 0.3 is 11.8 Å². The molecule has 0 saturated carbocycles. The minimum absolute atomic E-state index is 0.139. The first-order chi connectivity index (χ1) is 11.8. The third-order valence-corrected chi connectivity index (χ3v) is 4.11. The first-order valence-corrected chi connectivity index (χ1v) is 7.70. The van der Waals surface area contributed by atoms with E-state index in [0.29, 0.717) is 25.9 Å². The highest BCUT2D eigenvalue weighted by Gasteiger charge is 2.28. The fourth-order valence-electron chi connectivity index (χ4n) is 2.56. The Morgan fingerprint density at radius 2 is 2.04 bits per heavy atom. The van der Waals surface area contributed by atoms with Crippen molar-refractivity contribution in [3.63, 3.8) is 0 Å². The quantitative estimate of drug-likeness (QED) is 0.541. The molecule has 1 aromatic heterocycles. The topological polar surface area (TPSA) is 139 Å². The fraction of sp³-hybridized carbons (Fsp3) is 0.571. The molecule has 0 bridgehead atoms. The maximum absolute atomic E-state index is 12.2. The molecule has 2 rings (SSSR count). The van der Waals surface area contributed by atoms with Gasteiger partial charge in [-0.15, -0.1) is 0 Å². The minimum atomic E-state index is -0.854. The Morgan fingerprint density at radius 1 is 1.40 bits per heavy atom. The van der Waals surface area contributed by atoms with E-state index in [0.717, 1.165) is 4.68 Å². The second kappa shape index (κ2) is 7.73. The summed E-state index contributed by atoms with van der Waals surface area (Å²) in [6.07, 6.45) is 2.12. The summed E-state index contributed by atoms with van der Waals surface area (Å²) >= 11 is 0. The van der Waals surface area contributed by atoms with Crippen LogP contribution in [0.25, 0.3) is 0 Å². The summed E-state index contributed by atoms with van der Waals surface area (Å²) in [5.41, 5.74) is 0. The number of carboxylic acids is 1. The highest BCUT2D eigenvalue weighted by atomic mass is 16.6. The van der Waals surface area contributed by atoms with Crippen molar-refractivity contribution in [1.82, 2.24) is 19.6 Å². The molecule has 136 valence electrons. The van der Waals surface area contributed by atoms with Crippen LogP contribution < -0.4 is 0 Å². The highest BCUT2D eigenvalue weighted by molar-refractivity contribution is 5.84. The second-order valence-corrected chi connectivity index (χ2v) is 5.87. The average molecular weight is 353 g/mol. The van der Waals surface area contributed by atoms with Crippen molar-refractivity contribution in [3.8, 4) is 0 Å². The minimum Gasteiger partial charge on any atom is -0.481 e. The number of likely N-dealkylation sites (tertiary alicyclic amines) is 1. The molecule has 11 heteroatoms. The normalized spacial score (nSPS) is 15.0. The third-order valence-electron chi connectivity index (χ3n) is 4.11. The van der Waals surface area contributed by atoms with Gasteiger partial charge in [0.05, 0.1) is 29.8 Å². The number of carbonyl (C=O) groups excluding carboxylic acids is 2. The molecule has 0 atom stereocenters. The number of amides is 2. The van der Waals surface area contributed by atoms with E-state index in [1.165, 1.54) is 24.2 Å². The van der Waals surface area contributed by atoms with E-state index in [4.69, 9.17) is 5.11 Å². The van der Waals surface area contributed by atoms with Gasteiger partial charge in [0.25, 0.3) is 0 Å². The van der Waals surface area contributed by atoms with Crippen molar-refractivity contribution in [2.75, 3.05) is 26.7 Å². The molecule has 1 fully saturated rings. The number of nitro groups is 1. The molecule has 1 aliphatic heterocycles. The van der Waals surface area contributed by atoms with Crippen LogP contribution in [-0.2, 0) is 20.9 Å². The zero-order valence-electron chi connectivity index (χ0n) is 13.7. The summed E-state index contributed by atoms with van der Waals surface area (Å²) in [4.78, 5) is 47.9. The summed E-state index contributed by atoms with van der Waals surface area (Å²) in [6.45, 7) is 0.352. The van der Waals surface area contributed by atoms with Crippen LogP contribution >= 0.6 is 0 Å². The zero-order chi connectivity index (χ0) is 18.6. The number of hydrogen-bond donors (Lipinski definition) is 1. The number of nitrogens with zero attached hydrogens (tertiary/aromatic N) is 5. The van der Waals surface area contributed by atoms with Crippen LogP contribution in [0.1, 0.15) is 12.8 Å². The zero-order valence-corrected chi connectivity index (χ0v) is 13.7. The molecule has 1 N–H and O–H groups in total. The van der Waals surface area contributed by atoms with E-state index in [9.17, 15) is 24.5 Å². The summed E-state index contributed by atoms with van der Waals surface area (Å²) < 4.78 is 1.14. The second-order valence-electron chi connectivity index (χ2n) is 5.87. The summed E-state index contributed by atoms with van der Waals surface area (Å²) in [6, 6.07) is 1.19. The Labute approximate surface area is 142 Å². The lowest BCUT2D eigenvalue weighted by atomic mass is 9.97. The van der Waals surface area contributed by atoms with E-state index in [1.807, 2.05) is 0 Å². The number of carboxylic acid groups (broad SMARTS) is 1. The van der Waals surface area contributed by atoms with Gasteiger partial charge in [-0.3, -0.25) is 14.4 Å². The lowest BCUT2D eigenvalue weighted by Gasteiger charge is -2.31. The van der Waals surface area contributed by atoms with Crippen LogP contribution in [0.5, 0.6) is 0 Å². The lowest BCUT2D eigenvalue weighted by Crippen LogP contribution is -2.46. The number of likely N-dealkylation sites (N-methyl/N-ethyl adjacent to an activating group) is 1. The van der Waals surface area contributed by atoms with Crippen molar-refractivity contribution in [3.05, 3.63) is 22.4 Å². The standard InChI is InChI=1S/C14H19N5O6/c1-16(12(20)9-18-7-4-11(15-18)19(24)25)8-13(21)17-5-2-10(3-6-17)14(22)23/h4,7,10H,2-3,5-6,8-9H2,1H3,(H,22,23). The van der Waals surface area contributed by atoms with E-state index >= 15 is 0 Å². The summed E-state index contributed by atoms with van der Waals surface area (Å²) in [5, 5.41) is 23.2. The van der Waals surface area contributed by atoms with Crippen LogP contribution in [0.15, 0.2) is 12.3 Å². The predicted octanol–water partition coefficient (Wildman–Crippen LogP) is -0.427. The number of aromatic nitrogens is 2. The van der Waals surface area contributed by atoms with Crippen LogP contribution in [0.4, 0.5) is 5.82 Å². The van der Waals surface area contributed by atoms with Gasteiger partial charge in [-0.2, -0.15) is 4.68 Å². The molecule has 11 nitrogen and oxygen atoms in total. The molecular formula is C14H19N5O6. The van der Waals surface area contributed by atoms with E-state index in [2.05, 4.69) is 5.10 Å². The first kappa shape index (κ1) is 18.4. The predicted molar refractivity (Wildman–Crippen MR) is 83.5 cm³/mol. The van der Waals surface area contributed by atoms with Gasteiger partial charge < -0.3 is 25.0 Å². The Balaban J connectivity index is 1.83. The van der Waals surface area contributed by atoms with Crippen molar-refractivity contribution in [1.29, 1.82) is 0 Å². The third kappa shape index (κ3) is 4.75. The molecule has 0 aromatic carbocycles. The Morgan fingerprint density at radius 3 is 2.56 bits per heavy atom. The molecule has 0 unspecified atom stereocenters. The van der Waals surface area contributed by atoms with E-state index in [-0.39, 0.29) is 24.8 Å². The Hall–Kier alpha value is -2.98. The van der Waals surface area contributed by atoms with Crippen molar-refractivity contribution in [2.24, 2.45) is 5.92 Å². The number of hydrogen-bond acceptors (Lipinski definition) is 6. The maximum atomic E-state index is 12.2. The largest absolute Gasteiger partial charge is 0.481 e. The fourth-order valence-corrected chi connectivity index (χ4v) is 2.56. The van der Waals surface area contributed by atoms with Gasteiger partial charge in [0.15, 0.2) is 0 Å². The highest BCUT2D eigenvalue weighted by Crippen LogP contribution is 2.17. The molecule has 25 heavy (non-hydrogen) atoms. The van der Waals surface area contributed by atoms with Gasteiger partial charge in [-0.1, -0.05) is 0 Å². The van der Waals surface area contributed by atoms with Crippen molar-refractivity contribution < 1.29 is 24.4 Å². The van der Waals surface area contributed by atoms with Gasteiger partial charge in [0.2, 0.25) is 11.8 Å². The molecule has 2 heterocycles. The monoisotopic (exact) mass is 353 g/mol. The summed E-state index contributed by atoms with van der Waals surface area (Å²) in [7, 11) is 1.46. The molecule has 1 aromatic rings. The SMILES string of the molecule is CN(CC(=O)N1CCC(C(=O)O)CC1)C(=O)Cn1ccc([N+](=O)[O-])n1.